The summed E-state index contributed by atoms with van der Waals surface area (Å²) in [6.07, 6.45) is 1.09. The van der Waals surface area contributed by atoms with Crippen LogP contribution in [-0.4, -0.2) is 13.7 Å². The van der Waals surface area contributed by atoms with Crippen molar-refractivity contribution in [3.63, 3.8) is 0 Å². The van der Waals surface area contributed by atoms with Gasteiger partial charge in [-0.3, -0.25) is 0 Å². The molecule has 2 heteroatoms. The first-order valence-electron chi connectivity index (χ1n) is 7.75. The SMILES string of the molecule is CCOc1cccc(C(NC)C(CC)c2ccccc2)c1. The van der Waals surface area contributed by atoms with E-state index in [1.165, 1.54) is 11.1 Å². The quantitative estimate of drug-likeness (QED) is 0.805. The van der Waals surface area contributed by atoms with E-state index in [1.54, 1.807) is 0 Å². The zero-order valence-electron chi connectivity index (χ0n) is 13.2. The molecule has 2 aromatic rings. The zero-order valence-corrected chi connectivity index (χ0v) is 13.2. The molecule has 0 amide bonds. The van der Waals surface area contributed by atoms with Crippen molar-refractivity contribution in [2.24, 2.45) is 0 Å². The molecule has 0 saturated carbocycles. The van der Waals surface area contributed by atoms with Crippen LogP contribution in [0.15, 0.2) is 54.6 Å². The molecule has 2 nitrogen and oxygen atoms in total. The fourth-order valence-electron chi connectivity index (χ4n) is 2.93. The number of likely N-dealkylation sites (N-methyl/N-ethyl adjacent to an activating group) is 1. The zero-order chi connectivity index (χ0) is 15.1. The highest BCUT2D eigenvalue weighted by Crippen LogP contribution is 2.34. The monoisotopic (exact) mass is 283 g/mol. The van der Waals surface area contributed by atoms with E-state index < -0.39 is 0 Å². The topological polar surface area (TPSA) is 21.3 Å². The summed E-state index contributed by atoms with van der Waals surface area (Å²) in [4.78, 5) is 0. The molecule has 0 saturated heterocycles. The maximum atomic E-state index is 5.63. The van der Waals surface area contributed by atoms with Crippen molar-refractivity contribution < 1.29 is 4.74 Å². The third-order valence-corrected chi connectivity index (χ3v) is 3.91. The molecule has 21 heavy (non-hydrogen) atoms. The van der Waals surface area contributed by atoms with Crippen molar-refractivity contribution in [2.45, 2.75) is 32.2 Å². The van der Waals surface area contributed by atoms with Crippen molar-refractivity contribution in [1.82, 2.24) is 5.32 Å². The van der Waals surface area contributed by atoms with E-state index in [4.69, 9.17) is 4.74 Å². The Morgan fingerprint density at radius 1 is 0.952 bits per heavy atom. The molecule has 0 radical (unpaired) electrons. The summed E-state index contributed by atoms with van der Waals surface area (Å²) in [7, 11) is 2.03. The van der Waals surface area contributed by atoms with Crippen LogP contribution in [0.5, 0.6) is 5.75 Å². The Hall–Kier alpha value is -1.80. The van der Waals surface area contributed by atoms with Crippen LogP contribution in [0, 0.1) is 0 Å². The molecule has 2 aromatic carbocycles. The first kappa shape index (κ1) is 15.6. The van der Waals surface area contributed by atoms with Gasteiger partial charge in [-0.25, -0.2) is 0 Å². The first-order chi connectivity index (χ1) is 10.3. The highest BCUT2D eigenvalue weighted by molar-refractivity contribution is 5.34. The van der Waals surface area contributed by atoms with Crippen LogP contribution in [0.4, 0.5) is 0 Å². The van der Waals surface area contributed by atoms with Crippen LogP contribution in [0.25, 0.3) is 0 Å². The second kappa shape index (κ2) is 7.84. The normalized spacial score (nSPS) is 13.7. The summed E-state index contributed by atoms with van der Waals surface area (Å²) in [5.74, 6) is 1.39. The van der Waals surface area contributed by atoms with E-state index in [2.05, 4.69) is 60.8 Å². The minimum atomic E-state index is 0.290. The highest BCUT2D eigenvalue weighted by Gasteiger charge is 2.22. The average molecular weight is 283 g/mol. The fourth-order valence-corrected chi connectivity index (χ4v) is 2.93. The number of hydrogen-bond acceptors (Lipinski definition) is 2. The van der Waals surface area contributed by atoms with Crippen molar-refractivity contribution in [3.05, 3.63) is 65.7 Å². The van der Waals surface area contributed by atoms with Gasteiger partial charge in [-0.2, -0.15) is 0 Å². The molecule has 0 fully saturated rings. The molecule has 2 unspecified atom stereocenters. The molecule has 0 spiro atoms. The van der Waals surface area contributed by atoms with E-state index in [0.29, 0.717) is 12.5 Å². The van der Waals surface area contributed by atoms with Gasteiger partial charge in [0.1, 0.15) is 5.75 Å². The number of hydrogen-bond donors (Lipinski definition) is 1. The molecule has 0 aliphatic carbocycles. The van der Waals surface area contributed by atoms with Gasteiger partial charge in [-0.05, 0) is 43.7 Å². The van der Waals surface area contributed by atoms with E-state index in [-0.39, 0.29) is 6.04 Å². The smallest absolute Gasteiger partial charge is 0.119 e. The Kier molecular flexibility index (Phi) is 5.82. The molecule has 2 rings (SSSR count). The summed E-state index contributed by atoms with van der Waals surface area (Å²) in [5, 5.41) is 3.48. The molecule has 2 atom stereocenters. The lowest BCUT2D eigenvalue weighted by Gasteiger charge is -2.27. The Morgan fingerprint density at radius 2 is 1.67 bits per heavy atom. The molecule has 112 valence electrons. The van der Waals surface area contributed by atoms with Gasteiger partial charge in [-0.15, -0.1) is 0 Å². The lowest BCUT2D eigenvalue weighted by Crippen LogP contribution is -2.23. The Morgan fingerprint density at radius 3 is 2.29 bits per heavy atom. The van der Waals surface area contributed by atoms with E-state index in [9.17, 15) is 0 Å². The number of ether oxygens (including phenoxy) is 1. The third kappa shape index (κ3) is 3.85. The van der Waals surface area contributed by atoms with Crippen molar-refractivity contribution in [3.8, 4) is 5.75 Å². The van der Waals surface area contributed by atoms with E-state index >= 15 is 0 Å². The fraction of sp³-hybridized carbons (Fsp3) is 0.368. The van der Waals surface area contributed by atoms with Gasteiger partial charge in [0.05, 0.1) is 6.61 Å². The van der Waals surface area contributed by atoms with E-state index in [0.717, 1.165) is 12.2 Å². The summed E-state index contributed by atoms with van der Waals surface area (Å²) in [6, 6.07) is 19.4. The Balaban J connectivity index is 2.31. The van der Waals surface area contributed by atoms with Crippen molar-refractivity contribution in [1.29, 1.82) is 0 Å². The lowest BCUT2D eigenvalue weighted by atomic mass is 9.85. The van der Waals surface area contributed by atoms with Gasteiger partial charge in [-0.1, -0.05) is 49.4 Å². The molecule has 0 aliphatic rings. The van der Waals surface area contributed by atoms with Crippen LogP contribution in [0.3, 0.4) is 0 Å². The van der Waals surface area contributed by atoms with Crippen molar-refractivity contribution >= 4 is 0 Å². The largest absolute Gasteiger partial charge is 0.494 e. The lowest BCUT2D eigenvalue weighted by molar-refractivity contribution is 0.339. The van der Waals surface area contributed by atoms with Crippen LogP contribution in [-0.2, 0) is 0 Å². The molecule has 0 aliphatic heterocycles. The van der Waals surface area contributed by atoms with Gasteiger partial charge in [0.25, 0.3) is 0 Å². The van der Waals surface area contributed by atoms with Crippen molar-refractivity contribution in [2.75, 3.05) is 13.7 Å². The van der Waals surface area contributed by atoms with Gasteiger partial charge < -0.3 is 10.1 Å². The number of benzene rings is 2. The summed E-state index contributed by atoms with van der Waals surface area (Å²) in [5.41, 5.74) is 2.65. The van der Waals surface area contributed by atoms with E-state index in [1.807, 2.05) is 20.0 Å². The molecular formula is C19H25NO. The molecular weight excluding hydrogens is 258 g/mol. The van der Waals surface area contributed by atoms with Crippen LogP contribution in [0.2, 0.25) is 0 Å². The van der Waals surface area contributed by atoms with Crippen LogP contribution < -0.4 is 10.1 Å². The number of rotatable bonds is 7. The summed E-state index contributed by atoms with van der Waals surface area (Å²) < 4.78 is 5.63. The second-order valence-electron chi connectivity index (χ2n) is 5.20. The predicted molar refractivity (Wildman–Crippen MR) is 88.9 cm³/mol. The standard InChI is InChI=1S/C19H25NO/c1-4-18(15-10-7-6-8-11-15)19(20-3)16-12-9-13-17(14-16)21-5-2/h6-14,18-20H,4-5H2,1-3H3. The van der Waals surface area contributed by atoms with Crippen LogP contribution >= 0.6 is 0 Å². The van der Waals surface area contributed by atoms with Crippen LogP contribution in [0.1, 0.15) is 43.4 Å². The molecule has 0 heterocycles. The minimum Gasteiger partial charge on any atom is -0.494 e. The average Bonchev–Trinajstić information content (AvgIpc) is 2.54. The van der Waals surface area contributed by atoms with Gasteiger partial charge in [0, 0.05) is 12.0 Å². The molecule has 0 aromatic heterocycles. The Labute approximate surface area is 128 Å². The minimum absolute atomic E-state index is 0.290. The maximum absolute atomic E-state index is 5.63. The maximum Gasteiger partial charge on any atom is 0.119 e. The molecule has 1 N–H and O–H groups in total. The van der Waals surface area contributed by atoms with Gasteiger partial charge >= 0.3 is 0 Å². The number of nitrogens with one attached hydrogen (secondary N) is 1. The van der Waals surface area contributed by atoms with Gasteiger partial charge in [0.15, 0.2) is 0 Å². The highest BCUT2D eigenvalue weighted by atomic mass is 16.5. The predicted octanol–water partition coefficient (Wildman–Crippen LogP) is 4.54. The Bertz CT molecular complexity index is 538. The van der Waals surface area contributed by atoms with Gasteiger partial charge in [0.2, 0.25) is 0 Å². The third-order valence-electron chi connectivity index (χ3n) is 3.91. The summed E-state index contributed by atoms with van der Waals surface area (Å²) >= 11 is 0. The molecule has 0 bridgehead atoms. The summed E-state index contributed by atoms with van der Waals surface area (Å²) in [6.45, 7) is 4.96. The first-order valence-corrected chi connectivity index (χ1v) is 7.75. The second-order valence-corrected chi connectivity index (χ2v) is 5.20.